The van der Waals surface area contributed by atoms with Crippen molar-refractivity contribution in [3.63, 3.8) is 0 Å². The molecule has 0 spiro atoms. The summed E-state index contributed by atoms with van der Waals surface area (Å²) < 4.78 is 31.4. The van der Waals surface area contributed by atoms with Crippen LogP contribution in [-0.4, -0.2) is 35.2 Å². The molecule has 1 rings (SSSR count). The molecule has 0 aromatic heterocycles. The van der Waals surface area contributed by atoms with Gasteiger partial charge < -0.3 is 10.1 Å². The van der Waals surface area contributed by atoms with Gasteiger partial charge in [-0.25, -0.2) is 13.1 Å². The zero-order valence-corrected chi connectivity index (χ0v) is 12.7. The van der Waals surface area contributed by atoms with Crippen LogP contribution in [0.15, 0.2) is 23.1 Å². The second-order valence-electron chi connectivity index (χ2n) is 4.54. The third kappa shape index (κ3) is 4.49. The third-order valence-corrected chi connectivity index (χ3v) is 4.29. The first kappa shape index (κ1) is 15.9. The molecule has 6 heteroatoms. The summed E-state index contributed by atoms with van der Waals surface area (Å²) in [4.78, 5) is 0.307. The summed E-state index contributed by atoms with van der Waals surface area (Å²) in [6.07, 6.45) is 0.631. The van der Waals surface area contributed by atoms with Crippen molar-refractivity contribution in [2.75, 3.05) is 20.7 Å². The van der Waals surface area contributed by atoms with Crippen LogP contribution in [-0.2, 0) is 16.4 Å². The number of benzene rings is 1. The standard InChI is InChI=1S/C13H22N2O3S/c1-10(2)15-8-7-11-9-12(18-4)5-6-13(11)19(16,17)14-3/h5-6,9-10,14-15H,7-8H2,1-4H3. The molecule has 1 aromatic rings. The first-order valence-electron chi connectivity index (χ1n) is 6.24. The number of nitrogens with one attached hydrogen (secondary N) is 2. The normalized spacial score (nSPS) is 11.8. The van der Waals surface area contributed by atoms with Crippen LogP contribution in [0.2, 0.25) is 0 Å². The molecule has 108 valence electrons. The van der Waals surface area contributed by atoms with Crippen LogP contribution in [0.3, 0.4) is 0 Å². The Morgan fingerprint density at radius 2 is 2.00 bits per heavy atom. The van der Waals surface area contributed by atoms with Gasteiger partial charge in [0, 0.05) is 6.04 Å². The lowest BCUT2D eigenvalue weighted by Gasteiger charge is -2.13. The number of hydrogen-bond acceptors (Lipinski definition) is 4. The van der Waals surface area contributed by atoms with Crippen molar-refractivity contribution < 1.29 is 13.2 Å². The van der Waals surface area contributed by atoms with Gasteiger partial charge in [0.25, 0.3) is 0 Å². The molecule has 0 saturated heterocycles. The van der Waals surface area contributed by atoms with Crippen molar-refractivity contribution in [3.05, 3.63) is 23.8 Å². The molecule has 0 radical (unpaired) electrons. The molecule has 0 aliphatic carbocycles. The Bertz CT molecular complexity index is 513. The molecule has 0 amide bonds. The third-order valence-electron chi connectivity index (χ3n) is 2.77. The van der Waals surface area contributed by atoms with Gasteiger partial charge in [0.15, 0.2) is 0 Å². The van der Waals surface area contributed by atoms with E-state index in [-0.39, 0.29) is 0 Å². The van der Waals surface area contributed by atoms with Gasteiger partial charge in [-0.1, -0.05) is 13.8 Å². The highest BCUT2D eigenvalue weighted by atomic mass is 32.2. The molecule has 0 saturated carbocycles. The fraction of sp³-hybridized carbons (Fsp3) is 0.538. The summed E-state index contributed by atoms with van der Waals surface area (Å²) in [6.45, 7) is 4.82. The highest BCUT2D eigenvalue weighted by Gasteiger charge is 2.17. The van der Waals surface area contributed by atoms with Gasteiger partial charge in [-0.15, -0.1) is 0 Å². The Morgan fingerprint density at radius 3 is 2.53 bits per heavy atom. The zero-order valence-electron chi connectivity index (χ0n) is 11.9. The maximum Gasteiger partial charge on any atom is 0.240 e. The number of hydrogen-bond donors (Lipinski definition) is 2. The SMILES string of the molecule is CNS(=O)(=O)c1ccc(OC)cc1CCNC(C)C. The minimum Gasteiger partial charge on any atom is -0.497 e. The van der Waals surface area contributed by atoms with Gasteiger partial charge in [0.1, 0.15) is 5.75 Å². The molecule has 0 aliphatic rings. The fourth-order valence-electron chi connectivity index (χ4n) is 1.75. The van der Waals surface area contributed by atoms with Crippen LogP contribution in [0.1, 0.15) is 19.4 Å². The monoisotopic (exact) mass is 286 g/mol. The number of rotatable bonds is 7. The van der Waals surface area contributed by atoms with Crippen molar-refractivity contribution in [2.24, 2.45) is 0 Å². The summed E-state index contributed by atoms with van der Waals surface area (Å²) in [7, 11) is -0.458. The first-order chi connectivity index (χ1) is 8.90. The van der Waals surface area contributed by atoms with E-state index in [0.717, 1.165) is 12.1 Å². The van der Waals surface area contributed by atoms with Gasteiger partial charge in [0.2, 0.25) is 10.0 Å². The van der Waals surface area contributed by atoms with Crippen molar-refractivity contribution in [3.8, 4) is 5.75 Å². The molecule has 2 N–H and O–H groups in total. The Kier molecular flexibility index (Phi) is 5.78. The smallest absolute Gasteiger partial charge is 0.240 e. The lowest BCUT2D eigenvalue weighted by atomic mass is 10.1. The van der Waals surface area contributed by atoms with E-state index >= 15 is 0 Å². The Labute approximate surface area is 115 Å². The van der Waals surface area contributed by atoms with Gasteiger partial charge in [0.05, 0.1) is 12.0 Å². The van der Waals surface area contributed by atoms with E-state index in [4.69, 9.17) is 4.74 Å². The van der Waals surface area contributed by atoms with Gasteiger partial charge >= 0.3 is 0 Å². The van der Waals surface area contributed by atoms with Crippen LogP contribution in [0, 0.1) is 0 Å². The van der Waals surface area contributed by atoms with Crippen molar-refractivity contribution in [1.29, 1.82) is 0 Å². The van der Waals surface area contributed by atoms with Crippen LogP contribution in [0.4, 0.5) is 0 Å². The van der Waals surface area contributed by atoms with Crippen molar-refractivity contribution >= 4 is 10.0 Å². The number of ether oxygens (including phenoxy) is 1. The predicted octanol–water partition coefficient (Wildman–Crippen LogP) is 1.14. The minimum absolute atomic E-state index is 0.307. The van der Waals surface area contributed by atoms with E-state index in [2.05, 4.69) is 23.9 Å². The largest absolute Gasteiger partial charge is 0.497 e. The average Bonchev–Trinajstić information content (AvgIpc) is 2.38. The van der Waals surface area contributed by atoms with E-state index < -0.39 is 10.0 Å². The molecule has 0 unspecified atom stereocenters. The molecule has 0 aliphatic heterocycles. The number of methoxy groups -OCH3 is 1. The predicted molar refractivity (Wildman–Crippen MR) is 76.1 cm³/mol. The maximum absolute atomic E-state index is 11.9. The van der Waals surface area contributed by atoms with Crippen LogP contribution >= 0.6 is 0 Å². The zero-order chi connectivity index (χ0) is 14.5. The quantitative estimate of drug-likeness (QED) is 0.789. The topological polar surface area (TPSA) is 67.4 Å². The van der Waals surface area contributed by atoms with Crippen LogP contribution < -0.4 is 14.8 Å². The lowest BCUT2D eigenvalue weighted by Crippen LogP contribution is -2.26. The minimum atomic E-state index is -3.44. The molecule has 0 atom stereocenters. The van der Waals surface area contributed by atoms with Gasteiger partial charge in [-0.2, -0.15) is 0 Å². The molecule has 5 nitrogen and oxygen atoms in total. The Morgan fingerprint density at radius 1 is 1.32 bits per heavy atom. The summed E-state index contributed by atoms with van der Waals surface area (Å²) in [5.74, 6) is 0.662. The molecule has 0 heterocycles. The fourth-order valence-corrected chi connectivity index (χ4v) is 2.72. The Hall–Kier alpha value is -1.11. The van der Waals surface area contributed by atoms with Gasteiger partial charge in [-0.05, 0) is 43.8 Å². The van der Waals surface area contributed by atoms with Crippen molar-refractivity contribution in [1.82, 2.24) is 10.0 Å². The summed E-state index contributed by atoms with van der Waals surface area (Å²) in [6, 6.07) is 5.38. The first-order valence-corrected chi connectivity index (χ1v) is 7.73. The van der Waals surface area contributed by atoms with E-state index in [9.17, 15) is 8.42 Å². The summed E-state index contributed by atoms with van der Waals surface area (Å²) in [5, 5.41) is 3.27. The van der Waals surface area contributed by atoms with E-state index in [0.29, 0.717) is 23.1 Å². The number of sulfonamides is 1. The second-order valence-corrected chi connectivity index (χ2v) is 6.39. The summed E-state index contributed by atoms with van der Waals surface area (Å²) in [5.41, 5.74) is 0.752. The van der Waals surface area contributed by atoms with Crippen LogP contribution in [0.25, 0.3) is 0 Å². The van der Waals surface area contributed by atoms with E-state index in [1.807, 2.05) is 0 Å². The van der Waals surface area contributed by atoms with Crippen molar-refractivity contribution in [2.45, 2.75) is 31.2 Å². The Balaban J connectivity index is 3.03. The second kappa shape index (κ2) is 6.88. The molecule has 0 fully saturated rings. The average molecular weight is 286 g/mol. The maximum atomic E-state index is 11.9. The highest BCUT2D eigenvalue weighted by Crippen LogP contribution is 2.22. The van der Waals surface area contributed by atoms with Gasteiger partial charge in [-0.3, -0.25) is 0 Å². The van der Waals surface area contributed by atoms with Crippen LogP contribution in [0.5, 0.6) is 5.75 Å². The molecule has 0 bridgehead atoms. The molecular formula is C13H22N2O3S. The van der Waals surface area contributed by atoms with E-state index in [1.54, 1.807) is 25.3 Å². The molecule has 1 aromatic carbocycles. The lowest BCUT2D eigenvalue weighted by molar-refractivity contribution is 0.413. The van der Waals surface area contributed by atoms with E-state index in [1.165, 1.54) is 7.05 Å². The summed E-state index contributed by atoms with van der Waals surface area (Å²) >= 11 is 0. The molecule has 19 heavy (non-hydrogen) atoms. The highest BCUT2D eigenvalue weighted by molar-refractivity contribution is 7.89. The molecular weight excluding hydrogens is 264 g/mol.